The van der Waals surface area contributed by atoms with Crippen LogP contribution in [0.4, 0.5) is 0 Å². The molecule has 1 aliphatic heterocycles. The first-order valence-corrected chi connectivity index (χ1v) is 9.30. The Morgan fingerprint density at radius 3 is 2.33 bits per heavy atom. The molecule has 1 aromatic carbocycles. The van der Waals surface area contributed by atoms with E-state index in [0.717, 1.165) is 31.2 Å². The van der Waals surface area contributed by atoms with E-state index in [1.165, 1.54) is 13.5 Å². The highest BCUT2D eigenvalue weighted by Crippen LogP contribution is 2.29. The standard InChI is InChI=1S/C15H22ClNO3S/c1-20-14-11-13(12-16)7-8-15(14)21(18,19)17-9-5-3-2-4-6-10-17/h7-8,11H,2-6,9-10,12H2,1H3. The zero-order valence-corrected chi connectivity index (χ0v) is 13.9. The Balaban J connectivity index is 2.33. The van der Waals surface area contributed by atoms with E-state index in [0.29, 0.717) is 24.7 Å². The monoisotopic (exact) mass is 331 g/mol. The maximum Gasteiger partial charge on any atom is 0.246 e. The van der Waals surface area contributed by atoms with Gasteiger partial charge in [-0.05, 0) is 30.5 Å². The molecule has 1 aliphatic rings. The highest BCUT2D eigenvalue weighted by Gasteiger charge is 2.27. The Labute approximate surface area is 132 Å². The lowest BCUT2D eigenvalue weighted by Crippen LogP contribution is -2.34. The molecule has 0 spiro atoms. The van der Waals surface area contributed by atoms with Crippen LogP contribution in [0.2, 0.25) is 0 Å². The van der Waals surface area contributed by atoms with Gasteiger partial charge in [0.1, 0.15) is 10.6 Å². The van der Waals surface area contributed by atoms with Gasteiger partial charge in [0.15, 0.2) is 0 Å². The fourth-order valence-corrected chi connectivity index (χ4v) is 4.43. The number of rotatable bonds is 4. The maximum atomic E-state index is 12.8. The van der Waals surface area contributed by atoms with Crippen molar-refractivity contribution >= 4 is 21.6 Å². The van der Waals surface area contributed by atoms with E-state index in [9.17, 15) is 8.42 Å². The van der Waals surface area contributed by atoms with Crippen molar-refractivity contribution in [2.24, 2.45) is 0 Å². The molecular weight excluding hydrogens is 310 g/mol. The van der Waals surface area contributed by atoms with Crippen molar-refractivity contribution in [1.29, 1.82) is 0 Å². The summed E-state index contributed by atoms with van der Waals surface area (Å²) in [7, 11) is -2.02. The molecule has 0 aliphatic carbocycles. The average molecular weight is 332 g/mol. The number of ether oxygens (including phenoxy) is 1. The van der Waals surface area contributed by atoms with Crippen molar-refractivity contribution in [2.75, 3.05) is 20.2 Å². The van der Waals surface area contributed by atoms with Gasteiger partial charge in [-0.3, -0.25) is 0 Å². The van der Waals surface area contributed by atoms with Crippen molar-refractivity contribution in [1.82, 2.24) is 4.31 Å². The van der Waals surface area contributed by atoms with Gasteiger partial charge in [-0.1, -0.05) is 25.3 Å². The zero-order valence-electron chi connectivity index (χ0n) is 12.3. The van der Waals surface area contributed by atoms with Crippen molar-refractivity contribution in [3.05, 3.63) is 23.8 Å². The molecule has 0 radical (unpaired) electrons. The van der Waals surface area contributed by atoms with Crippen molar-refractivity contribution in [2.45, 2.75) is 42.9 Å². The Hall–Kier alpha value is -0.780. The lowest BCUT2D eigenvalue weighted by atomic mass is 10.1. The van der Waals surface area contributed by atoms with Gasteiger partial charge in [-0.15, -0.1) is 11.6 Å². The molecule has 0 atom stereocenters. The number of methoxy groups -OCH3 is 1. The molecule has 21 heavy (non-hydrogen) atoms. The summed E-state index contributed by atoms with van der Waals surface area (Å²) in [6.45, 7) is 1.17. The Morgan fingerprint density at radius 1 is 1.14 bits per heavy atom. The number of sulfonamides is 1. The summed E-state index contributed by atoms with van der Waals surface area (Å²) in [6.07, 6.45) is 5.22. The van der Waals surface area contributed by atoms with E-state index in [1.807, 2.05) is 0 Å². The number of hydrogen-bond donors (Lipinski definition) is 0. The first-order chi connectivity index (χ1) is 10.1. The van der Waals surface area contributed by atoms with Crippen LogP contribution in [-0.2, 0) is 15.9 Å². The number of nitrogens with zero attached hydrogens (tertiary/aromatic N) is 1. The third-order valence-electron chi connectivity index (χ3n) is 3.82. The van der Waals surface area contributed by atoms with Crippen LogP contribution in [0.3, 0.4) is 0 Å². The Bertz CT molecular complexity index is 566. The van der Waals surface area contributed by atoms with Gasteiger partial charge in [-0.2, -0.15) is 4.31 Å². The van der Waals surface area contributed by atoms with E-state index in [-0.39, 0.29) is 4.90 Å². The lowest BCUT2D eigenvalue weighted by Gasteiger charge is -2.25. The molecule has 1 aromatic rings. The maximum absolute atomic E-state index is 12.8. The molecule has 1 heterocycles. The highest BCUT2D eigenvalue weighted by molar-refractivity contribution is 7.89. The third kappa shape index (κ3) is 3.90. The van der Waals surface area contributed by atoms with Gasteiger partial charge >= 0.3 is 0 Å². The first kappa shape index (κ1) is 16.6. The minimum atomic E-state index is -3.50. The van der Waals surface area contributed by atoms with Crippen LogP contribution in [0, 0.1) is 0 Å². The van der Waals surface area contributed by atoms with Gasteiger partial charge in [0.25, 0.3) is 0 Å². The fraction of sp³-hybridized carbons (Fsp3) is 0.600. The molecule has 0 saturated carbocycles. The van der Waals surface area contributed by atoms with Crippen molar-refractivity contribution < 1.29 is 13.2 Å². The molecule has 1 fully saturated rings. The summed E-state index contributed by atoms with van der Waals surface area (Å²) < 4.78 is 32.5. The summed E-state index contributed by atoms with van der Waals surface area (Å²) in [5.74, 6) is 0.704. The molecule has 0 aromatic heterocycles. The predicted octanol–water partition coefficient (Wildman–Crippen LogP) is 3.39. The number of hydrogen-bond acceptors (Lipinski definition) is 3. The van der Waals surface area contributed by atoms with Gasteiger partial charge in [-0.25, -0.2) is 8.42 Å². The Kier molecular flexibility index (Phi) is 5.90. The van der Waals surface area contributed by atoms with Crippen LogP contribution in [0.15, 0.2) is 23.1 Å². The summed E-state index contributed by atoms with van der Waals surface area (Å²) in [6, 6.07) is 5.04. The third-order valence-corrected chi connectivity index (χ3v) is 6.06. The van der Waals surface area contributed by atoms with E-state index in [4.69, 9.17) is 16.3 Å². The van der Waals surface area contributed by atoms with Crippen LogP contribution >= 0.6 is 11.6 Å². The normalized spacial score (nSPS) is 18.0. The molecule has 0 N–H and O–H groups in total. The summed E-state index contributed by atoms with van der Waals surface area (Å²) >= 11 is 5.80. The van der Waals surface area contributed by atoms with Gasteiger partial charge in [0.2, 0.25) is 10.0 Å². The zero-order chi connectivity index (χ0) is 15.3. The molecule has 1 saturated heterocycles. The van der Waals surface area contributed by atoms with Crippen LogP contribution in [0.5, 0.6) is 5.75 Å². The second kappa shape index (κ2) is 7.47. The molecule has 118 valence electrons. The van der Waals surface area contributed by atoms with Gasteiger partial charge in [0, 0.05) is 19.0 Å². The number of halogens is 1. The molecular formula is C15H22ClNO3S. The van der Waals surface area contributed by atoms with Crippen molar-refractivity contribution in [3.63, 3.8) is 0 Å². The second-order valence-corrected chi connectivity index (χ2v) is 7.46. The quantitative estimate of drug-likeness (QED) is 0.794. The molecule has 6 heteroatoms. The SMILES string of the molecule is COc1cc(CCl)ccc1S(=O)(=O)N1CCCCCCC1. The first-order valence-electron chi connectivity index (χ1n) is 7.32. The van der Waals surface area contributed by atoms with Crippen LogP contribution < -0.4 is 4.74 Å². The molecule has 0 unspecified atom stereocenters. The molecule has 0 amide bonds. The van der Waals surface area contributed by atoms with Gasteiger partial charge in [0.05, 0.1) is 7.11 Å². The van der Waals surface area contributed by atoms with Crippen molar-refractivity contribution in [3.8, 4) is 5.75 Å². The lowest BCUT2D eigenvalue weighted by molar-refractivity contribution is 0.358. The Morgan fingerprint density at radius 2 is 1.76 bits per heavy atom. The van der Waals surface area contributed by atoms with E-state index < -0.39 is 10.0 Å². The molecule has 0 bridgehead atoms. The van der Waals surface area contributed by atoms with Gasteiger partial charge < -0.3 is 4.74 Å². The predicted molar refractivity (Wildman–Crippen MR) is 84.4 cm³/mol. The number of alkyl halides is 1. The minimum absolute atomic E-state index is 0.236. The van der Waals surface area contributed by atoms with Crippen LogP contribution in [0.1, 0.15) is 37.7 Å². The van der Waals surface area contributed by atoms with E-state index in [2.05, 4.69) is 0 Å². The summed E-state index contributed by atoms with van der Waals surface area (Å²) in [4.78, 5) is 0.236. The summed E-state index contributed by atoms with van der Waals surface area (Å²) in [5.41, 5.74) is 0.847. The largest absolute Gasteiger partial charge is 0.495 e. The minimum Gasteiger partial charge on any atom is -0.495 e. The van der Waals surface area contributed by atoms with E-state index >= 15 is 0 Å². The van der Waals surface area contributed by atoms with Crippen LogP contribution in [0.25, 0.3) is 0 Å². The summed E-state index contributed by atoms with van der Waals surface area (Å²) in [5, 5.41) is 0. The number of benzene rings is 1. The highest BCUT2D eigenvalue weighted by atomic mass is 35.5. The van der Waals surface area contributed by atoms with E-state index in [1.54, 1.807) is 22.5 Å². The fourth-order valence-electron chi connectivity index (χ4n) is 2.61. The smallest absolute Gasteiger partial charge is 0.246 e. The van der Waals surface area contributed by atoms with Crippen LogP contribution in [-0.4, -0.2) is 32.9 Å². The second-order valence-electron chi connectivity index (χ2n) is 5.29. The molecule has 4 nitrogen and oxygen atoms in total. The molecule has 2 rings (SSSR count). The topological polar surface area (TPSA) is 46.6 Å². The average Bonchev–Trinajstić information content (AvgIpc) is 2.45.